The lowest BCUT2D eigenvalue weighted by atomic mass is 9.66. The van der Waals surface area contributed by atoms with Crippen LogP contribution < -0.4 is 4.90 Å². The first kappa shape index (κ1) is 30.7. The second kappa shape index (κ2) is 12.3. The Morgan fingerprint density at radius 3 is 2.55 bits per heavy atom. The summed E-state index contributed by atoms with van der Waals surface area (Å²) in [4.78, 5) is 48.4. The van der Waals surface area contributed by atoms with Gasteiger partial charge in [-0.05, 0) is 57.6 Å². The van der Waals surface area contributed by atoms with Gasteiger partial charge in [-0.1, -0.05) is 42.8 Å². The highest BCUT2D eigenvalue weighted by Crippen LogP contribution is 2.71. The van der Waals surface area contributed by atoms with Crippen molar-refractivity contribution in [3.05, 3.63) is 54.1 Å². The van der Waals surface area contributed by atoms with Gasteiger partial charge in [-0.15, -0.1) is 24.9 Å². The van der Waals surface area contributed by atoms with Crippen LogP contribution in [0.5, 0.6) is 0 Å². The van der Waals surface area contributed by atoms with Crippen LogP contribution in [0.25, 0.3) is 0 Å². The molecular weight excluding hydrogens is 546 g/mol. The summed E-state index contributed by atoms with van der Waals surface area (Å²) in [6.07, 6.45) is 6.75. The smallest absolute Gasteiger partial charge is 0.251 e. The largest absolute Gasteiger partial charge is 0.396 e. The molecule has 0 aliphatic carbocycles. The number of anilines is 1. The van der Waals surface area contributed by atoms with E-state index < -0.39 is 27.4 Å². The van der Waals surface area contributed by atoms with Crippen molar-refractivity contribution in [1.82, 2.24) is 9.80 Å². The lowest BCUT2D eigenvalue weighted by molar-refractivity contribution is -0.145. The number of fused-ring (bicyclic) bond motifs is 1. The van der Waals surface area contributed by atoms with E-state index in [0.717, 1.165) is 18.4 Å². The number of aliphatic hydroxyl groups is 1. The molecule has 1 spiro atoms. The molecule has 0 saturated carbocycles. The van der Waals surface area contributed by atoms with Gasteiger partial charge in [-0.2, -0.15) is 0 Å². The summed E-state index contributed by atoms with van der Waals surface area (Å²) >= 11 is 8.32. The number of para-hydroxylation sites is 1. The second-order valence-electron chi connectivity index (χ2n) is 11.4. The van der Waals surface area contributed by atoms with Crippen LogP contribution in [0.1, 0.15) is 51.5 Å². The molecule has 1 aromatic rings. The number of likely N-dealkylation sites (tertiary alicyclic amines) is 1. The zero-order valence-corrected chi connectivity index (χ0v) is 25.5. The molecule has 3 aliphatic rings. The van der Waals surface area contributed by atoms with Gasteiger partial charge in [0, 0.05) is 37.5 Å². The molecule has 3 saturated heterocycles. The fourth-order valence-corrected chi connectivity index (χ4v) is 9.83. The third kappa shape index (κ3) is 5.01. The maximum absolute atomic E-state index is 14.7. The van der Waals surface area contributed by atoms with Crippen LogP contribution in [-0.4, -0.2) is 80.9 Å². The summed E-state index contributed by atoms with van der Waals surface area (Å²) in [5, 5.41) is 9.92. The highest BCUT2D eigenvalue weighted by molar-refractivity contribution is 8.02. The Morgan fingerprint density at radius 2 is 1.93 bits per heavy atom. The summed E-state index contributed by atoms with van der Waals surface area (Å²) in [5.41, 5.74) is 1.48. The van der Waals surface area contributed by atoms with Gasteiger partial charge in [-0.25, -0.2) is 0 Å². The van der Waals surface area contributed by atoms with Gasteiger partial charge < -0.3 is 19.8 Å². The number of hydrogen-bond donors (Lipinski definition) is 1. The minimum Gasteiger partial charge on any atom is -0.396 e. The summed E-state index contributed by atoms with van der Waals surface area (Å²) in [6.45, 7) is 15.4. The molecule has 5 atom stereocenters. The van der Waals surface area contributed by atoms with E-state index in [9.17, 15) is 19.5 Å². The molecule has 2 unspecified atom stereocenters. The van der Waals surface area contributed by atoms with E-state index in [-0.39, 0.29) is 30.9 Å². The monoisotopic (exact) mass is 587 g/mol. The van der Waals surface area contributed by atoms with Gasteiger partial charge in [0.25, 0.3) is 5.91 Å². The second-order valence-corrected chi connectivity index (χ2v) is 13.7. The summed E-state index contributed by atoms with van der Waals surface area (Å²) in [6, 6.07) is 4.78. The first-order valence-electron chi connectivity index (χ1n) is 14.3. The highest BCUT2D eigenvalue weighted by Gasteiger charge is 2.77. The molecule has 0 aromatic heterocycles. The van der Waals surface area contributed by atoms with Crippen LogP contribution in [-0.2, 0) is 14.4 Å². The Kier molecular flexibility index (Phi) is 9.42. The lowest BCUT2D eigenvalue weighted by Crippen LogP contribution is -2.55. The van der Waals surface area contributed by atoms with Crippen molar-refractivity contribution in [2.45, 2.75) is 68.4 Å². The Morgan fingerprint density at radius 1 is 1.20 bits per heavy atom. The minimum absolute atomic E-state index is 0.0120. The molecule has 2 bridgehead atoms. The van der Waals surface area contributed by atoms with Crippen LogP contribution in [0.2, 0.25) is 5.02 Å². The van der Waals surface area contributed by atoms with E-state index in [0.29, 0.717) is 49.6 Å². The van der Waals surface area contributed by atoms with Crippen molar-refractivity contribution in [3.63, 3.8) is 0 Å². The zero-order valence-electron chi connectivity index (χ0n) is 23.9. The minimum atomic E-state index is -0.747. The normalized spacial score (nSPS) is 28.5. The van der Waals surface area contributed by atoms with Gasteiger partial charge >= 0.3 is 0 Å². The number of carbonyl (C=O) groups excluding carboxylic acids is 3. The van der Waals surface area contributed by atoms with E-state index in [1.54, 1.807) is 39.8 Å². The number of aryl methyl sites for hydroxylation is 1. The number of nitrogens with zero attached hydrogens (tertiary/aromatic N) is 3. The van der Waals surface area contributed by atoms with Crippen LogP contribution >= 0.6 is 23.4 Å². The molecule has 3 heterocycles. The molecule has 40 heavy (non-hydrogen) atoms. The number of rotatable bonds is 13. The first-order valence-corrected chi connectivity index (χ1v) is 15.5. The maximum Gasteiger partial charge on any atom is 0.251 e. The standard InChI is InChI=1S/C31H42ClN3O4S/c1-6-16-33(17-7-2)27(37)23-24-28(38)35(19-9-10-20-36)26(31(24)15-14-30(23,5)40-31)29(39)34(18-8-3)25-21(4)12-11-13-22(25)32/h6,8,11-13,23-24,26,36H,1,3,7,9-10,14-20H2,2,4-5H3/t23-,24-,26?,30+,31?/m0/s1. The molecule has 3 fully saturated rings. The molecule has 4 rings (SSSR count). The van der Waals surface area contributed by atoms with Crippen molar-refractivity contribution in [3.8, 4) is 0 Å². The molecule has 7 nitrogen and oxygen atoms in total. The van der Waals surface area contributed by atoms with Crippen molar-refractivity contribution >= 4 is 46.8 Å². The molecule has 1 N–H and O–H groups in total. The molecule has 1 aromatic carbocycles. The number of aliphatic hydroxyl groups excluding tert-OH is 1. The molecule has 9 heteroatoms. The van der Waals surface area contributed by atoms with Crippen molar-refractivity contribution in [1.29, 1.82) is 0 Å². The van der Waals surface area contributed by atoms with Crippen LogP contribution in [0.4, 0.5) is 5.69 Å². The molecule has 3 aliphatic heterocycles. The quantitative estimate of drug-likeness (QED) is 0.264. The number of hydrogen-bond acceptors (Lipinski definition) is 5. The Hall–Kier alpha value is -2.29. The number of amides is 3. The highest BCUT2D eigenvalue weighted by atomic mass is 35.5. The third-order valence-electron chi connectivity index (χ3n) is 8.77. The van der Waals surface area contributed by atoms with E-state index in [4.69, 9.17) is 11.6 Å². The fraction of sp³-hybridized carbons (Fsp3) is 0.581. The lowest BCUT2D eigenvalue weighted by Gasteiger charge is -2.38. The average Bonchev–Trinajstić information content (AvgIpc) is 3.48. The predicted molar refractivity (Wildman–Crippen MR) is 163 cm³/mol. The van der Waals surface area contributed by atoms with Gasteiger partial charge in [0.05, 0.1) is 27.3 Å². The van der Waals surface area contributed by atoms with Crippen molar-refractivity contribution in [2.24, 2.45) is 11.8 Å². The Labute approximate surface area is 247 Å². The first-order chi connectivity index (χ1) is 19.1. The van der Waals surface area contributed by atoms with Gasteiger partial charge in [0.2, 0.25) is 11.8 Å². The van der Waals surface area contributed by atoms with E-state index >= 15 is 0 Å². The summed E-state index contributed by atoms with van der Waals surface area (Å²) < 4.78 is -1.16. The fourth-order valence-electron chi connectivity index (χ4n) is 7.16. The van der Waals surface area contributed by atoms with E-state index in [2.05, 4.69) is 20.1 Å². The topological polar surface area (TPSA) is 81.2 Å². The molecule has 3 amide bonds. The molecule has 0 radical (unpaired) electrons. The Balaban J connectivity index is 1.82. The van der Waals surface area contributed by atoms with Crippen LogP contribution in [0.15, 0.2) is 43.5 Å². The third-order valence-corrected chi connectivity index (χ3v) is 11.1. The number of thioether (sulfide) groups is 1. The summed E-state index contributed by atoms with van der Waals surface area (Å²) in [5.74, 6) is -1.45. The molecule has 218 valence electrons. The van der Waals surface area contributed by atoms with Gasteiger partial charge in [0.15, 0.2) is 0 Å². The summed E-state index contributed by atoms with van der Waals surface area (Å²) in [7, 11) is 0. The van der Waals surface area contributed by atoms with Gasteiger partial charge in [0.1, 0.15) is 6.04 Å². The van der Waals surface area contributed by atoms with E-state index in [1.807, 2.05) is 30.9 Å². The number of benzene rings is 1. The predicted octanol–water partition coefficient (Wildman–Crippen LogP) is 4.85. The average molecular weight is 588 g/mol. The van der Waals surface area contributed by atoms with Crippen LogP contribution in [0, 0.1) is 18.8 Å². The zero-order chi connectivity index (χ0) is 29.2. The number of carbonyl (C=O) groups is 3. The number of halogens is 1. The number of unbranched alkanes of at least 4 members (excludes halogenated alkanes) is 1. The van der Waals surface area contributed by atoms with Crippen molar-refractivity contribution < 1.29 is 19.5 Å². The van der Waals surface area contributed by atoms with Crippen LogP contribution in [0.3, 0.4) is 0 Å². The SMILES string of the molecule is C=CCN(CCC)C(=O)[C@@H]1[C@H]2C(=O)N(CCCCO)C(C(=O)N(CC=C)c3c(C)cccc3Cl)C23CC[C@@]1(C)S3. The maximum atomic E-state index is 14.7. The van der Waals surface area contributed by atoms with Gasteiger partial charge in [-0.3, -0.25) is 14.4 Å². The van der Waals surface area contributed by atoms with Crippen molar-refractivity contribution in [2.75, 3.05) is 37.7 Å². The molecular formula is C31H42ClN3O4S. The Bertz CT molecular complexity index is 1160. The van der Waals surface area contributed by atoms with E-state index in [1.165, 1.54) is 0 Å².